The van der Waals surface area contributed by atoms with E-state index in [2.05, 4.69) is 26.0 Å². The Morgan fingerprint density at radius 1 is 1.19 bits per heavy atom. The molecule has 4 heterocycles. The van der Waals surface area contributed by atoms with Crippen LogP contribution in [-0.4, -0.2) is 48.4 Å². The zero-order valence-electron chi connectivity index (χ0n) is 14.2. The Morgan fingerprint density at radius 2 is 2.00 bits per heavy atom. The number of thiazole rings is 1. The van der Waals surface area contributed by atoms with Crippen molar-refractivity contribution in [2.75, 3.05) is 5.75 Å². The van der Waals surface area contributed by atoms with Gasteiger partial charge in [0.05, 0.1) is 22.0 Å². The Kier molecular flexibility index (Phi) is 4.17. The van der Waals surface area contributed by atoms with Crippen LogP contribution in [-0.2, 0) is 4.79 Å². The highest BCUT2D eigenvalue weighted by molar-refractivity contribution is 8.01. The summed E-state index contributed by atoms with van der Waals surface area (Å²) in [7, 11) is 0. The number of rotatable bonds is 4. The number of carbonyl (C=O) groups is 1. The summed E-state index contributed by atoms with van der Waals surface area (Å²) < 4.78 is 4.11. The van der Waals surface area contributed by atoms with Crippen LogP contribution in [0.5, 0.6) is 0 Å². The number of amides is 1. The fourth-order valence-electron chi connectivity index (χ4n) is 4.29. The van der Waals surface area contributed by atoms with Crippen molar-refractivity contribution >= 4 is 39.2 Å². The van der Waals surface area contributed by atoms with Gasteiger partial charge in [-0.15, -0.1) is 11.3 Å². The van der Waals surface area contributed by atoms with E-state index in [1.807, 2.05) is 22.9 Å². The lowest BCUT2D eigenvalue weighted by Gasteiger charge is -2.38. The number of fused-ring (bicyclic) bond motifs is 3. The van der Waals surface area contributed by atoms with E-state index in [1.165, 1.54) is 4.70 Å². The first-order valence-corrected chi connectivity index (χ1v) is 10.7. The van der Waals surface area contributed by atoms with Gasteiger partial charge >= 0.3 is 0 Å². The van der Waals surface area contributed by atoms with E-state index < -0.39 is 0 Å². The third-order valence-corrected chi connectivity index (χ3v) is 7.56. The number of carbonyl (C=O) groups excluding carboxylic acids is 1. The van der Waals surface area contributed by atoms with Gasteiger partial charge in [0, 0.05) is 12.1 Å². The van der Waals surface area contributed by atoms with E-state index in [0.717, 1.165) is 35.5 Å². The summed E-state index contributed by atoms with van der Waals surface area (Å²) in [5.41, 5.74) is 1.01. The molecule has 8 heteroatoms. The molecule has 134 valence electrons. The van der Waals surface area contributed by atoms with Crippen molar-refractivity contribution in [1.82, 2.24) is 24.6 Å². The first kappa shape index (κ1) is 16.3. The molecule has 0 spiro atoms. The van der Waals surface area contributed by atoms with Crippen LogP contribution < -0.4 is 0 Å². The Labute approximate surface area is 159 Å². The predicted octanol–water partition coefficient (Wildman–Crippen LogP) is 3.37. The number of nitrogens with zero attached hydrogens (tertiary/aromatic N) is 5. The molecule has 0 saturated carbocycles. The van der Waals surface area contributed by atoms with Crippen molar-refractivity contribution in [2.24, 2.45) is 0 Å². The van der Waals surface area contributed by atoms with E-state index in [1.54, 1.807) is 35.8 Å². The molecule has 2 unspecified atom stereocenters. The van der Waals surface area contributed by atoms with Crippen molar-refractivity contribution in [3.8, 4) is 0 Å². The second-order valence-corrected chi connectivity index (χ2v) is 9.18. The van der Waals surface area contributed by atoms with E-state index >= 15 is 0 Å². The molecule has 0 aliphatic carbocycles. The molecule has 1 amide bonds. The molecule has 26 heavy (non-hydrogen) atoms. The van der Waals surface area contributed by atoms with E-state index in [0.29, 0.717) is 23.9 Å². The SMILES string of the molecule is O=C(CSc1nc2ccccc2s1)N1C2CCC1CC(n1cncn1)C2. The summed E-state index contributed by atoms with van der Waals surface area (Å²) in [5, 5.41) is 4.29. The van der Waals surface area contributed by atoms with E-state index in [4.69, 9.17) is 0 Å². The monoisotopic (exact) mass is 385 g/mol. The van der Waals surface area contributed by atoms with Crippen LogP contribution >= 0.6 is 23.1 Å². The summed E-state index contributed by atoms with van der Waals surface area (Å²) in [5.74, 6) is 0.722. The summed E-state index contributed by atoms with van der Waals surface area (Å²) in [6, 6.07) is 9.17. The first-order chi connectivity index (χ1) is 12.8. The highest BCUT2D eigenvalue weighted by Gasteiger charge is 2.43. The van der Waals surface area contributed by atoms with Gasteiger partial charge in [-0.05, 0) is 37.8 Å². The Hall–Kier alpha value is -1.93. The first-order valence-electron chi connectivity index (χ1n) is 8.91. The van der Waals surface area contributed by atoms with Crippen molar-refractivity contribution < 1.29 is 4.79 Å². The van der Waals surface area contributed by atoms with Crippen LogP contribution in [0.4, 0.5) is 0 Å². The normalized spacial score (nSPS) is 25.1. The molecule has 2 aliphatic rings. The van der Waals surface area contributed by atoms with Crippen LogP contribution in [0.15, 0.2) is 41.3 Å². The summed E-state index contributed by atoms with van der Waals surface area (Å²) in [6.45, 7) is 0. The number of thioether (sulfide) groups is 1. The molecule has 2 atom stereocenters. The van der Waals surface area contributed by atoms with Gasteiger partial charge in [-0.1, -0.05) is 23.9 Å². The van der Waals surface area contributed by atoms with Crippen molar-refractivity contribution in [1.29, 1.82) is 0 Å². The van der Waals surface area contributed by atoms with Gasteiger partial charge < -0.3 is 4.90 Å². The molecule has 5 rings (SSSR count). The average Bonchev–Trinajstić information content (AvgIpc) is 3.37. The van der Waals surface area contributed by atoms with Gasteiger partial charge in [0.1, 0.15) is 12.7 Å². The molecule has 6 nitrogen and oxygen atoms in total. The largest absolute Gasteiger partial charge is 0.336 e. The smallest absolute Gasteiger partial charge is 0.233 e. The number of aromatic nitrogens is 4. The molecule has 2 saturated heterocycles. The standard InChI is InChI=1S/C18H19N5OS2/c24-17(9-25-18-21-15-3-1-2-4-16(15)26-18)23-12-5-6-13(23)8-14(7-12)22-11-19-10-20-22/h1-4,10-14H,5-9H2. The summed E-state index contributed by atoms with van der Waals surface area (Å²) in [6.07, 6.45) is 7.56. The highest BCUT2D eigenvalue weighted by Crippen LogP contribution is 2.41. The van der Waals surface area contributed by atoms with Gasteiger partial charge in [0.25, 0.3) is 0 Å². The fourth-order valence-corrected chi connectivity index (χ4v) is 6.23. The lowest BCUT2D eigenvalue weighted by Crippen LogP contribution is -2.47. The molecule has 2 bridgehead atoms. The van der Waals surface area contributed by atoms with Crippen LogP contribution in [0.1, 0.15) is 31.7 Å². The number of hydrogen-bond acceptors (Lipinski definition) is 6. The molecule has 2 fully saturated rings. The van der Waals surface area contributed by atoms with Crippen molar-refractivity contribution in [2.45, 2.75) is 48.1 Å². The van der Waals surface area contributed by atoms with Gasteiger partial charge in [-0.3, -0.25) is 4.79 Å². The quantitative estimate of drug-likeness (QED) is 0.644. The third kappa shape index (κ3) is 2.91. The van der Waals surface area contributed by atoms with E-state index in [9.17, 15) is 4.79 Å². The minimum atomic E-state index is 0.249. The number of para-hydroxylation sites is 1. The van der Waals surface area contributed by atoms with Gasteiger partial charge in [-0.2, -0.15) is 5.10 Å². The fraction of sp³-hybridized carbons (Fsp3) is 0.444. The van der Waals surface area contributed by atoms with Gasteiger partial charge in [0.15, 0.2) is 4.34 Å². The third-order valence-electron chi connectivity index (χ3n) is 5.40. The topological polar surface area (TPSA) is 63.9 Å². The summed E-state index contributed by atoms with van der Waals surface area (Å²) >= 11 is 3.23. The molecule has 3 aromatic rings. The highest BCUT2D eigenvalue weighted by atomic mass is 32.2. The molecular weight excluding hydrogens is 366 g/mol. The Balaban J connectivity index is 1.25. The molecule has 2 aromatic heterocycles. The second kappa shape index (κ2) is 6.66. The maximum atomic E-state index is 12.9. The molecular formula is C18H19N5OS2. The molecule has 0 N–H and O–H groups in total. The van der Waals surface area contributed by atoms with Crippen LogP contribution in [0, 0.1) is 0 Å². The molecule has 0 radical (unpaired) electrons. The predicted molar refractivity (Wildman–Crippen MR) is 102 cm³/mol. The number of hydrogen-bond donors (Lipinski definition) is 0. The van der Waals surface area contributed by atoms with Crippen LogP contribution in [0.25, 0.3) is 10.2 Å². The number of piperidine rings is 1. The minimum absolute atomic E-state index is 0.249. The Morgan fingerprint density at radius 3 is 2.73 bits per heavy atom. The van der Waals surface area contributed by atoms with Gasteiger partial charge in [0.2, 0.25) is 5.91 Å². The minimum Gasteiger partial charge on any atom is -0.336 e. The zero-order valence-corrected chi connectivity index (χ0v) is 15.8. The average molecular weight is 386 g/mol. The maximum absolute atomic E-state index is 12.9. The van der Waals surface area contributed by atoms with Crippen molar-refractivity contribution in [3.05, 3.63) is 36.9 Å². The molecule has 1 aromatic carbocycles. The Bertz CT molecular complexity index is 878. The van der Waals surface area contributed by atoms with Crippen LogP contribution in [0.3, 0.4) is 0 Å². The number of benzene rings is 1. The molecule has 2 aliphatic heterocycles. The summed E-state index contributed by atoms with van der Waals surface area (Å²) in [4.78, 5) is 23.7. The van der Waals surface area contributed by atoms with E-state index in [-0.39, 0.29) is 5.91 Å². The second-order valence-electron chi connectivity index (χ2n) is 6.92. The zero-order chi connectivity index (χ0) is 17.5. The van der Waals surface area contributed by atoms with Gasteiger partial charge in [-0.25, -0.2) is 14.6 Å². The lowest BCUT2D eigenvalue weighted by atomic mass is 9.97. The van der Waals surface area contributed by atoms with Crippen LogP contribution in [0.2, 0.25) is 0 Å². The maximum Gasteiger partial charge on any atom is 0.233 e. The lowest BCUT2D eigenvalue weighted by molar-refractivity contribution is -0.133. The van der Waals surface area contributed by atoms with Crippen molar-refractivity contribution in [3.63, 3.8) is 0 Å².